The average Bonchev–Trinajstić information content (AvgIpc) is 3.44. The first-order valence-corrected chi connectivity index (χ1v) is 30.7. The van der Waals surface area contributed by atoms with Gasteiger partial charge in [-0.2, -0.15) is 0 Å². The zero-order chi connectivity index (χ0) is 44.9. The molecule has 0 saturated carbocycles. The molecule has 0 radical (unpaired) electrons. The van der Waals surface area contributed by atoms with E-state index in [4.69, 9.17) is 34.7 Å². The van der Waals surface area contributed by atoms with Crippen LogP contribution in [-0.4, -0.2) is 67.5 Å². The summed E-state index contributed by atoms with van der Waals surface area (Å²) in [5.74, 6) is -1.09. The Morgan fingerprint density at radius 3 is 1.92 bits per heavy atom. The number of carbonyl (C=O) groups is 1. The van der Waals surface area contributed by atoms with Crippen LogP contribution in [0, 0.1) is 12.8 Å². The number of hydrogen-bond acceptors (Lipinski definition) is 6. The molecule has 6 nitrogen and oxygen atoms in total. The minimum atomic E-state index is -2.77. The predicted molar refractivity (Wildman–Crippen MR) is 261 cm³/mol. The summed E-state index contributed by atoms with van der Waals surface area (Å²) >= 11 is 6.55. The van der Waals surface area contributed by atoms with Crippen molar-refractivity contribution in [3.8, 4) is 0 Å². The van der Waals surface area contributed by atoms with Crippen molar-refractivity contribution in [2.24, 2.45) is 5.92 Å². The number of esters is 1. The van der Waals surface area contributed by atoms with Gasteiger partial charge in [-0.25, -0.2) is 4.79 Å². The van der Waals surface area contributed by atoms with Gasteiger partial charge in [0.15, 0.2) is 14.1 Å². The summed E-state index contributed by atoms with van der Waals surface area (Å²) in [5, 5.41) is 2.93. The lowest BCUT2D eigenvalue weighted by Gasteiger charge is -2.45. The molecule has 330 valence electrons. The molecule has 5 atom stereocenters. The molecular weight excluding hydrogens is 816 g/mol. The smallest absolute Gasteiger partial charge is 0.338 e. The van der Waals surface area contributed by atoms with E-state index in [0.29, 0.717) is 23.6 Å². The molecular formula is C50H75ClO6Si3. The second kappa shape index (κ2) is 19.8. The van der Waals surface area contributed by atoms with E-state index < -0.39 is 30.5 Å². The molecule has 1 aliphatic heterocycles. The second-order valence-corrected chi connectivity index (χ2v) is 36.1. The normalized spacial score (nSPS) is 19.5. The Morgan fingerprint density at radius 1 is 0.833 bits per heavy atom. The van der Waals surface area contributed by atoms with Crippen LogP contribution in [0.4, 0.5) is 0 Å². The molecule has 4 rings (SSSR count). The molecule has 60 heavy (non-hydrogen) atoms. The van der Waals surface area contributed by atoms with E-state index in [1.165, 1.54) is 10.4 Å². The second-order valence-electron chi connectivity index (χ2n) is 21.0. The topological polar surface area (TPSA) is 63.2 Å². The highest BCUT2D eigenvalue weighted by Crippen LogP contribution is 2.42. The number of carbonyl (C=O) groups excluding carboxylic acids is 1. The van der Waals surface area contributed by atoms with Gasteiger partial charge in [-0.15, -0.1) is 0 Å². The Balaban J connectivity index is 1.67. The third kappa shape index (κ3) is 12.7. The molecule has 1 aliphatic rings. The molecule has 0 amide bonds. The fraction of sp³-hybridized carbons (Fsp3) is 0.540. The van der Waals surface area contributed by atoms with Crippen molar-refractivity contribution in [1.82, 2.24) is 0 Å². The molecule has 1 saturated heterocycles. The summed E-state index contributed by atoms with van der Waals surface area (Å²) in [5.41, 5.74) is 2.05. The molecule has 0 aliphatic carbocycles. The van der Waals surface area contributed by atoms with Gasteiger partial charge in [0.1, 0.15) is 6.10 Å². The molecule has 0 aromatic heterocycles. The maximum absolute atomic E-state index is 13.4. The monoisotopic (exact) mass is 890 g/mol. The summed E-state index contributed by atoms with van der Waals surface area (Å²) in [7, 11) is -6.43. The van der Waals surface area contributed by atoms with Crippen molar-refractivity contribution in [1.29, 1.82) is 0 Å². The van der Waals surface area contributed by atoms with Gasteiger partial charge in [0.2, 0.25) is 0 Å². The Bertz CT molecular complexity index is 1890. The van der Waals surface area contributed by atoms with E-state index in [2.05, 4.69) is 167 Å². The highest BCUT2D eigenvalue weighted by molar-refractivity contribution is 6.99. The van der Waals surface area contributed by atoms with Gasteiger partial charge in [-0.3, -0.25) is 0 Å². The molecule has 1 unspecified atom stereocenters. The fourth-order valence-electron chi connectivity index (χ4n) is 7.61. The first-order valence-electron chi connectivity index (χ1n) is 21.8. The molecule has 3 aromatic carbocycles. The standard InChI is InChI=1S/C50H75ClO6Si3/c1-36(38(3)56-60(49(7,8)9,41-25-19-17-20-26-41)42-27-21-18-22-28-42)30-31-44(57-59(15,16)48(4,5)6)46-43(54-50(10,11)55-46)29-23-24-39-35-40(51)34-37(2)45(39)47(52)53-32-33-58(12,13)14/h17-28,30-31,34-36,38,43-44,46H,29,32-33H2,1-16H3/b24-23+,31-30-/t36-,38-,43+,44?,46-/m0/s1. The van der Waals surface area contributed by atoms with Crippen molar-refractivity contribution < 1.29 is 27.9 Å². The zero-order valence-corrected chi connectivity index (χ0v) is 43.3. The molecule has 1 heterocycles. The summed E-state index contributed by atoms with van der Waals surface area (Å²) in [4.78, 5) is 13.4. The minimum absolute atomic E-state index is 0.0285. The van der Waals surface area contributed by atoms with E-state index in [-0.39, 0.29) is 46.4 Å². The minimum Gasteiger partial charge on any atom is -0.462 e. The third-order valence-electron chi connectivity index (χ3n) is 12.2. The van der Waals surface area contributed by atoms with Crippen molar-refractivity contribution in [3.05, 3.63) is 113 Å². The van der Waals surface area contributed by atoms with Gasteiger partial charge in [-0.05, 0) is 103 Å². The van der Waals surface area contributed by atoms with Crippen LogP contribution >= 0.6 is 11.6 Å². The van der Waals surface area contributed by atoms with Crippen molar-refractivity contribution in [2.45, 2.75) is 162 Å². The van der Waals surface area contributed by atoms with Crippen LogP contribution in [0.2, 0.25) is 53.9 Å². The van der Waals surface area contributed by atoms with Crippen molar-refractivity contribution in [3.63, 3.8) is 0 Å². The first-order chi connectivity index (χ1) is 27.7. The maximum Gasteiger partial charge on any atom is 0.338 e. The van der Waals surface area contributed by atoms with Crippen LogP contribution in [0.3, 0.4) is 0 Å². The summed E-state index contributed by atoms with van der Waals surface area (Å²) in [6.07, 6.45) is 7.85. The number of halogens is 1. The lowest BCUT2D eigenvalue weighted by atomic mass is 9.99. The van der Waals surface area contributed by atoms with E-state index in [0.717, 1.165) is 17.2 Å². The predicted octanol–water partition coefficient (Wildman–Crippen LogP) is 12.6. The number of benzene rings is 3. The first kappa shape index (κ1) is 50.0. The summed E-state index contributed by atoms with van der Waals surface area (Å²) in [6.45, 7) is 35.8. The Hall–Kier alpha value is -2.61. The third-order valence-corrected chi connectivity index (χ3v) is 23.7. The summed E-state index contributed by atoms with van der Waals surface area (Å²) < 4.78 is 34.0. The highest BCUT2D eigenvalue weighted by Gasteiger charge is 2.52. The molecule has 10 heteroatoms. The Kier molecular flexibility index (Phi) is 16.5. The molecule has 0 spiro atoms. The Morgan fingerprint density at radius 2 is 1.40 bits per heavy atom. The van der Waals surface area contributed by atoms with Crippen molar-refractivity contribution >= 4 is 58.7 Å². The zero-order valence-electron chi connectivity index (χ0n) is 39.6. The average molecular weight is 892 g/mol. The van der Waals surface area contributed by atoms with Gasteiger partial charge in [0, 0.05) is 19.2 Å². The van der Waals surface area contributed by atoms with Gasteiger partial charge >= 0.3 is 5.97 Å². The van der Waals surface area contributed by atoms with Crippen LogP contribution < -0.4 is 10.4 Å². The molecule has 1 fully saturated rings. The van der Waals surface area contributed by atoms with E-state index in [1.807, 2.05) is 39.0 Å². The van der Waals surface area contributed by atoms with Crippen LogP contribution in [-0.2, 0) is 23.1 Å². The van der Waals surface area contributed by atoms with Crippen LogP contribution in [0.5, 0.6) is 0 Å². The maximum atomic E-state index is 13.4. The van der Waals surface area contributed by atoms with E-state index >= 15 is 0 Å². The van der Waals surface area contributed by atoms with E-state index in [1.54, 1.807) is 0 Å². The molecule has 0 N–H and O–H groups in total. The lowest BCUT2D eigenvalue weighted by molar-refractivity contribution is -0.151. The summed E-state index contributed by atoms with van der Waals surface area (Å²) in [6, 6.07) is 26.2. The molecule has 0 bridgehead atoms. The van der Waals surface area contributed by atoms with Crippen LogP contribution in [0.25, 0.3) is 6.08 Å². The lowest BCUT2D eigenvalue weighted by Crippen LogP contribution is -2.67. The SMILES string of the molecule is Cc1cc(Cl)cc(/C=C/C[C@H]2OC(C)(C)O[C@@H]2C(/C=C\[C@H](C)[C@H](C)O[Si](c2ccccc2)(c2ccccc2)C(C)(C)C)O[Si](C)(C)C(C)(C)C)c1C(=O)OCC[Si](C)(C)C. The number of hydrogen-bond donors (Lipinski definition) is 0. The van der Waals surface area contributed by atoms with Gasteiger partial charge in [-0.1, -0.05) is 165 Å². The Labute approximate surface area is 371 Å². The number of aryl methyl sites for hydroxylation is 1. The molecule has 3 aromatic rings. The van der Waals surface area contributed by atoms with Crippen LogP contribution in [0.1, 0.15) is 97.1 Å². The van der Waals surface area contributed by atoms with Gasteiger partial charge in [0.05, 0.1) is 24.4 Å². The number of ether oxygens (including phenoxy) is 3. The quantitative estimate of drug-likeness (QED) is 0.0764. The van der Waals surface area contributed by atoms with Gasteiger partial charge in [0.25, 0.3) is 8.32 Å². The van der Waals surface area contributed by atoms with Crippen LogP contribution in [0.15, 0.2) is 91.0 Å². The highest BCUT2D eigenvalue weighted by atomic mass is 35.5. The number of rotatable bonds is 17. The fourth-order valence-corrected chi connectivity index (χ4v) is 14.6. The largest absolute Gasteiger partial charge is 0.462 e. The van der Waals surface area contributed by atoms with Crippen molar-refractivity contribution in [2.75, 3.05) is 6.61 Å². The van der Waals surface area contributed by atoms with Gasteiger partial charge < -0.3 is 23.1 Å². The van der Waals surface area contributed by atoms with E-state index in [9.17, 15) is 4.79 Å².